The normalized spacial score (nSPS) is 10.3. The van der Waals surface area contributed by atoms with E-state index in [1.807, 2.05) is 0 Å². The first-order chi connectivity index (χ1) is 12.8. The number of hydrogen-bond acceptors (Lipinski definition) is 6. The molecular formula is C17H19N3O7. The average Bonchev–Trinajstić information content (AvgIpc) is 2.64. The molecule has 0 unspecified atom stereocenters. The van der Waals surface area contributed by atoms with Crippen LogP contribution >= 0.6 is 0 Å². The zero-order chi connectivity index (χ0) is 20.1. The second kappa shape index (κ2) is 8.21. The van der Waals surface area contributed by atoms with Gasteiger partial charge in [0.05, 0.1) is 14.2 Å². The highest BCUT2D eigenvalue weighted by atomic mass is 16.5. The van der Waals surface area contributed by atoms with Crippen molar-refractivity contribution in [1.29, 1.82) is 0 Å². The minimum Gasteiger partial charge on any atom is -0.497 e. The third-order valence-electron chi connectivity index (χ3n) is 3.81. The SMILES string of the molecule is COc1cc(CN(CC(=O)O)C(=O)c2c[nH]c(=O)n(C)c2=O)cc(OC)c1. The van der Waals surface area contributed by atoms with Crippen LogP contribution in [-0.4, -0.2) is 52.2 Å². The first-order valence-electron chi connectivity index (χ1n) is 7.78. The van der Waals surface area contributed by atoms with E-state index in [4.69, 9.17) is 14.6 Å². The number of ether oxygens (including phenoxy) is 2. The van der Waals surface area contributed by atoms with Crippen LogP contribution in [0.25, 0.3) is 0 Å². The number of carbonyl (C=O) groups is 2. The Morgan fingerprint density at radius 2 is 1.74 bits per heavy atom. The van der Waals surface area contributed by atoms with Crippen LogP contribution in [0.4, 0.5) is 0 Å². The van der Waals surface area contributed by atoms with E-state index in [9.17, 15) is 19.2 Å². The number of carboxylic acids is 1. The highest BCUT2D eigenvalue weighted by Crippen LogP contribution is 2.23. The van der Waals surface area contributed by atoms with Gasteiger partial charge in [-0.15, -0.1) is 0 Å². The van der Waals surface area contributed by atoms with E-state index in [2.05, 4.69) is 4.98 Å². The summed E-state index contributed by atoms with van der Waals surface area (Å²) < 4.78 is 11.1. The first-order valence-corrected chi connectivity index (χ1v) is 7.78. The number of H-pyrrole nitrogens is 1. The smallest absolute Gasteiger partial charge is 0.328 e. The van der Waals surface area contributed by atoms with Crippen molar-refractivity contribution in [2.24, 2.45) is 7.05 Å². The number of carboxylic acid groups (broad SMARTS) is 1. The van der Waals surface area contributed by atoms with Crippen LogP contribution in [0.2, 0.25) is 0 Å². The standard InChI is InChI=1S/C17H19N3O7/c1-19-15(23)13(7-18-17(19)25)16(24)20(9-14(21)22)8-10-4-11(26-2)6-12(5-10)27-3/h4-7H,8-9H2,1-3H3,(H,18,25)(H,21,22). The van der Waals surface area contributed by atoms with Crippen LogP contribution < -0.4 is 20.7 Å². The summed E-state index contributed by atoms with van der Waals surface area (Å²) in [5.74, 6) is -1.14. The van der Waals surface area contributed by atoms with E-state index in [0.29, 0.717) is 17.1 Å². The topological polar surface area (TPSA) is 131 Å². The van der Waals surface area contributed by atoms with Gasteiger partial charge in [-0.2, -0.15) is 0 Å². The Hall–Kier alpha value is -3.56. The molecule has 0 spiro atoms. The number of aliphatic carboxylic acids is 1. The van der Waals surface area contributed by atoms with Crippen molar-refractivity contribution >= 4 is 11.9 Å². The lowest BCUT2D eigenvalue weighted by Gasteiger charge is -2.21. The Labute approximate surface area is 153 Å². The fourth-order valence-corrected chi connectivity index (χ4v) is 2.43. The molecule has 0 saturated heterocycles. The van der Waals surface area contributed by atoms with Gasteiger partial charge in [-0.1, -0.05) is 0 Å². The Kier molecular flexibility index (Phi) is 6.01. The van der Waals surface area contributed by atoms with Crippen LogP contribution in [0.5, 0.6) is 11.5 Å². The van der Waals surface area contributed by atoms with Gasteiger partial charge in [0.25, 0.3) is 11.5 Å². The van der Waals surface area contributed by atoms with E-state index in [0.717, 1.165) is 15.7 Å². The molecule has 0 atom stereocenters. The summed E-state index contributed by atoms with van der Waals surface area (Å²) in [6.45, 7) is -0.748. The molecule has 0 radical (unpaired) electrons. The van der Waals surface area contributed by atoms with Gasteiger partial charge >= 0.3 is 11.7 Å². The lowest BCUT2D eigenvalue weighted by atomic mass is 10.1. The molecular weight excluding hydrogens is 358 g/mol. The van der Waals surface area contributed by atoms with Crippen LogP contribution in [-0.2, 0) is 18.4 Å². The third-order valence-corrected chi connectivity index (χ3v) is 3.81. The molecule has 2 aromatic rings. The Morgan fingerprint density at radius 1 is 1.15 bits per heavy atom. The summed E-state index contributed by atoms with van der Waals surface area (Å²) >= 11 is 0. The molecule has 10 nitrogen and oxygen atoms in total. The fraction of sp³-hybridized carbons (Fsp3) is 0.294. The second-order valence-corrected chi connectivity index (χ2v) is 5.65. The van der Waals surface area contributed by atoms with Gasteiger partial charge in [-0.25, -0.2) is 4.79 Å². The van der Waals surface area contributed by atoms with Crippen molar-refractivity contribution in [3.8, 4) is 11.5 Å². The van der Waals surface area contributed by atoms with Crippen LogP contribution in [0.15, 0.2) is 34.0 Å². The Bertz CT molecular complexity index is 955. The van der Waals surface area contributed by atoms with E-state index < -0.39 is 29.7 Å². The van der Waals surface area contributed by atoms with Crippen molar-refractivity contribution in [3.63, 3.8) is 0 Å². The number of nitrogens with zero attached hydrogens (tertiary/aromatic N) is 2. The summed E-state index contributed by atoms with van der Waals surface area (Å²) in [6, 6.07) is 4.87. The molecule has 1 heterocycles. The predicted molar refractivity (Wildman–Crippen MR) is 94.2 cm³/mol. The molecule has 2 N–H and O–H groups in total. The van der Waals surface area contributed by atoms with E-state index in [1.165, 1.54) is 21.3 Å². The fourth-order valence-electron chi connectivity index (χ4n) is 2.43. The lowest BCUT2D eigenvalue weighted by Crippen LogP contribution is -2.42. The minimum absolute atomic E-state index is 0.110. The highest BCUT2D eigenvalue weighted by Gasteiger charge is 2.23. The summed E-state index contributed by atoms with van der Waals surface area (Å²) in [5, 5.41) is 9.14. The van der Waals surface area contributed by atoms with Crippen LogP contribution in [0.1, 0.15) is 15.9 Å². The maximum atomic E-state index is 12.7. The summed E-state index contributed by atoms with van der Waals surface area (Å²) in [4.78, 5) is 50.8. The van der Waals surface area contributed by atoms with Crippen molar-refractivity contribution in [1.82, 2.24) is 14.5 Å². The summed E-state index contributed by atoms with van der Waals surface area (Å²) in [7, 11) is 4.14. The largest absolute Gasteiger partial charge is 0.497 e. The van der Waals surface area contributed by atoms with Crippen molar-refractivity contribution in [2.45, 2.75) is 6.54 Å². The number of amides is 1. The quantitative estimate of drug-likeness (QED) is 0.684. The summed E-state index contributed by atoms with van der Waals surface area (Å²) in [5.41, 5.74) is -1.29. The molecule has 27 heavy (non-hydrogen) atoms. The summed E-state index contributed by atoms with van der Waals surface area (Å²) in [6.07, 6.45) is 0.980. The van der Waals surface area contributed by atoms with Crippen molar-refractivity contribution in [2.75, 3.05) is 20.8 Å². The van der Waals surface area contributed by atoms with Gasteiger partial charge in [0.1, 0.15) is 23.6 Å². The molecule has 0 aliphatic rings. The number of rotatable bonds is 7. The van der Waals surface area contributed by atoms with E-state index in [-0.39, 0.29) is 12.1 Å². The number of methoxy groups -OCH3 is 2. The minimum atomic E-state index is -1.25. The van der Waals surface area contributed by atoms with E-state index >= 15 is 0 Å². The molecule has 0 aliphatic carbocycles. The van der Waals surface area contributed by atoms with Gasteiger partial charge in [-0.3, -0.25) is 19.0 Å². The maximum absolute atomic E-state index is 12.7. The molecule has 2 rings (SSSR count). The Balaban J connectivity index is 2.43. The van der Waals surface area contributed by atoms with Gasteiger partial charge in [0, 0.05) is 25.9 Å². The average molecular weight is 377 g/mol. The molecule has 144 valence electrons. The number of aromatic nitrogens is 2. The van der Waals surface area contributed by atoms with Gasteiger partial charge in [0.2, 0.25) is 0 Å². The van der Waals surface area contributed by atoms with Gasteiger partial charge in [-0.05, 0) is 17.7 Å². The van der Waals surface area contributed by atoms with Gasteiger partial charge in [0.15, 0.2) is 0 Å². The molecule has 1 aromatic carbocycles. The zero-order valence-electron chi connectivity index (χ0n) is 15.0. The predicted octanol–water partition coefficient (Wildman–Crippen LogP) is -0.182. The highest BCUT2D eigenvalue weighted by molar-refractivity contribution is 5.95. The van der Waals surface area contributed by atoms with E-state index in [1.54, 1.807) is 18.2 Å². The number of nitrogens with one attached hydrogen (secondary N) is 1. The molecule has 0 bridgehead atoms. The number of carbonyl (C=O) groups excluding carboxylic acids is 1. The molecule has 1 aromatic heterocycles. The molecule has 10 heteroatoms. The van der Waals surface area contributed by atoms with Gasteiger partial charge < -0.3 is 24.5 Å². The Morgan fingerprint density at radius 3 is 2.26 bits per heavy atom. The monoisotopic (exact) mass is 377 g/mol. The number of benzene rings is 1. The molecule has 0 fully saturated rings. The zero-order valence-corrected chi connectivity index (χ0v) is 15.0. The molecule has 0 saturated carbocycles. The van der Waals surface area contributed by atoms with Crippen LogP contribution in [0.3, 0.4) is 0 Å². The van der Waals surface area contributed by atoms with Crippen molar-refractivity contribution < 1.29 is 24.2 Å². The first kappa shape index (κ1) is 19.8. The lowest BCUT2D eigenvalue weighted by molar-refractivity contribution is -0.137. The maximum Gasteiger partial charge on any atom is 0.328 e. The second-order valence-electron chi connectivity index (χ2n) is 5.65. The number of hydrogen-bond donors (Lipinski definition) is 2. The third kappa shape index (κ3) is 4.54. The molecule has 0 aliphatic heterocycles. The number of aromatic amines is 1. The van der Waals surface area contributed by atoms with Crippen LogP contribution in [0, 0.1) is 0 Å². The molecule has 1 amide bonds. The van der Waals surface area contributed by atoms with Crippen molar-refractivity contribution in [3.05, 3.63) is 56.4 Å².